The van der Waals surface area contributed by atoms with Gasteiger partial charge < -0.3 is 0 Å². The van der Waals surface area contributed by atoms with E-state index in [0.29, 0.717) is 27.1 Å². The molecule has 8 atom stereocenters. The van der Waals surface area contributed by atoms with Crippen LogP contribution in [0.3, 0.4) is 0 Å². The third kappa shape index (κ3) is 28.9. The molecule has 0 aromatic rings. The van der Waals surface area contributed by atoms with E-state index < -0.39 is 0 Å². The Balaban J connectivity index is 0.000000423. The molecule has 0 aromatic heterocycles. The Morgan fingerprint density at radius 2 is 0.595 bits per heavy atom. The van der Waals surface area contributed by atoms with Crippen LogP contribution in [-0.4, -0.2) is 0 Å². The summed E-state index contributed by atoms with van der Waals surface area (Å²) >= 11 is 0. The van der Waals surface area contributed by atoms with Gasteiger partial charge in [0.05, 0.1) is 0 Å². The van der Waals surface area contributed by atoms with E-state index in [2.05, 4.69) is 138 Å². The lowest BCUT2D eigenvalue weighted by Gasteiger charge is -2.33. The van der Waals surface area contributed by atoms with Crippen LogP contribution in [0, 0.1) is 67.0 Å². The van der Waals surface area contributed by atoms with Crippen molar-refractivity contribution in [1.82, 2.24) is 0 Å². The van der Waals surface area contributed by atoms with Crippen molar-refractivity contribution in [2.45, 2.75) is 408 Å². The number of rotatable bonds is 10. The lowest BCUT2D eigenvalue weighted by atomic mass is 9.73. The van der Waals surface area contributed by atoms with Gasteiger partial charge in [-0.1, -0.05) is 299 Å². The summed E-state index contributed by atoms with van der Waals surface area (Å²) in [6.07, 6.45) is 61.0. The molecule has 0 aliphatic heterocycles. The van der Waals surface area contributed by atoms with E-state index in [9.17, 15) is 0 Å². The summed E-state index contributed by atoms with van der Waals surface area (Å²) in [4.78, 5) is 0. The molecule has 8 fully saturated rings. The molecule has 0 radical (unpaired) electrons. The highest BCUT2D eigenvalue weighted by Gasteiger charge is 2.36. The molecule has 8 rings (SSSR count). The van der Waals surface area contributed by atoms with Crippen molar-refractivity contribution in [3.8, 4) is 0 Å². The summed E-state index contributed by atoms with van der Waals surface area (Å²) in [6.45, 7) is 47.7. The normalized spacial score (nSPS) is 34.2. The van der Waals surface area contributed by atoms with E-state index in [1.807, 2.05) is 0 Å². The Hall–Kier alpha value is 0. The quantitative estimate of drug-likeness (QED) is 0.205. The molecule has 0 heteroatoms. The smallest absolute Gasteiger partial charge is 0.0300 e. The average molecular weight is 1040 g/mol. The second kappa shape index (κ2) is 36.4. The summed E-state index contributed by atoms with van der Waals surface area (Å²) in [5, 5.41) is 0. The Labute approximate surface area is 472 Å². The Morgan fingerprint density at radius 3 is 0.824 bits per heavy atom. The van der Waals surface area contributed by atoms with Crippen molar-refractivity contribution in [3.63, 3.8) is 0 Å². The van der Waals surface area contributed by atoms with Crippen LogP contribution in [0.4, 0.5) is 0 Å². The molecule has 8 unspecified atom stereocenters. The third-order valence-corrected chi connectivity index (χ3v) is 23.6. The molecule has 0 N–H and O–H groups in total. The van der Waals surface area contributed by atoms with Gasteiger partial charge in [0.25, 0.3) is 0 Å². The van der Waals surface area contributed by atoms with E-state index >= 15 is 0 Å². The van der Waals surface area contributed by atoms with Gasteiger partial charge in [-0.15, -0.1) is 0 Å². The van der Waals surface area contributed by atoms with Crippen molar-refractivity contribution in [2.24, 2.45) is 67.0 Å². The molecule has 8 aliphatic carbocycles. The monoisotopic (exact) mass is 1040 g/mol. The zero-order valence-electron chi connectivity index (χ0n) is 56.0. The Kier molecular flexibility index (Phi) is 35.4. The largest absolute Gasteiger partial charge is 0.0654 e. The third-order valence-electron chi connectivity index (χ3n) is 23.6. The van der Waals surface area contributed by atoms with E-state index in [-0.39, 0.29) is 0 Å². The molecular formula is C74H148. The molecule has 0 nitrogen and oxygen atoms in total. The number of hydrogen-bond donors (Lipinski definition) is 0. The molecule has 0 bridgehead atoms. The van der Waals surface area contributed by atoms with Crippen LogP contribution in [0.2, 0.25) is 0 Å². The first-order chi connectivity index (χ1) is 34.7. The van der Waals surface area contributed by atoms with Crippen molar-refractivity contribution >= 4 is 0 Å². The average Bonchev–Trinajstić information content (AvgIpc) is 4.12. The van der Waals surface area contributed by atoms with Gasteiger partial charge >= 0.3 is 0 Å². The lowest BCUT2D eigenvalue weighted by molar-refractivity contribution is 0.197. The molecule has 0 amide bonds. The summed E-state index contributed by atoms with van der Waals surface area (Å²) < 4.78 is 0. The van der Waals surface area contributed by atoms with Crippen molar-refractivity contribution in [3.05, 3.63) is 0 Å². The minimum Gasteiger partial charge on any atom is -0.0654 e. The fraction of sp³-hybridized carbons (Fsp3) is 1.00. The molecule has 444 valence electrons. The molecule has 0 spiro atoms. The van der Waals surface area contributed by atoms with Crippen LogP contribution in [0.1, 0.15) is 408 Å². The first-order valence-electron chi connectivity index (χ1n) is 34.7. The van der Waals surface area contributed by atoms with Crippen molar-refractivity contribution < 1.29 is 0 Å². The highest BCUT2D eigenvalue weighted by molar-refractivity contribution is 4.87. The fourth-order valence-corrected chi connectivity index (χ4v) is 16.0. The predicted molar refractivity (Wildman–Crippen MR) is 341 cm³/mol. The summed E-state index contributed by atoms with van der Waals surface area (Å²) in [6, 6.07) is 0. The summed E-state index contributed by atoms with van der Waals surface area (Å²) in [5.74, 6) is 3.95. The maximum Gasteiger partial charge on any atom is -0.0300 e. The van der Waals surface area contributed by atoms with Gasteiger partial charge in [0.1, 0.15) is 0 Å². The summed E-state index contributed by atoms with van der Waals surface area (Å²) in [5.41, 5.74) is 5.67. The topological polar surface area (TPSA) is 0 Å². The first-order valence-corrected chi connectivity index (χ1v) is 34.7. The van der Waals surface area contributed by atoms with E-state index in [0.717, 1.165) is 39.9 Å². The molecule has 8 saturated carbocycles. The van der Waals surface area contributed by atoms with Crippen LogP contribution >= 0.6 is 0 Å². The molecule has 0 aromatic carbocycles. The number of hydrogen-bond acceptors (Lipinski definition) is 0. The SMILES string of the molecule is CC1(C)CCCCC1.CCC1(C)CCC(C)C1.CCC1(C)CCCC1C.CCC1(C)CCCCC1.CCC1(C)CCCCC1.CCCC1(C)CCC(C)C1.CCCC1(C)CCCC1C.CCCC1(C)CCCCC1. The zero-order valence-corrected chi connectivity index (χ0v) is 56.0. The minimum absolute atomic E-state index is 0.679. The van der Waals surface area contributed by atoms with E-state index in [1.165, 1.54) is 270 Å². The van der Waals surface area contributed by atoms with Gasteiger partial charge in [-0.2, -0.15) is 0 Å². The van der Waals surface area contributed by atoms with Gasteiger partial charge in [0, 0.05) is 0 Å². The van der Waals surface area contributed by atoms with E-state index in [1.54, 1.807) is 0 Å². The second-order valence-corrected chi connectivity index (χ2v) is 31.7. The molecule has 8 aliphatic rings. The highest BCUT2D eigenvalue weighted by atomic mass is 14.4. The lowest BCUT2D eigenvalue weighted by Crippen LogP contribution is -2.19. The van der Waals surface area contributed by atoms with Gasteiger partial charge in [0.15, 0.2) is 0 Å². The van der Waals surface area contributed by atoms with Crippen LogP contribution in [0.25, 0.3) is 0 Å². The highest BCUT2D eigenvalue weighted by Crippen LogP contribution is 2.48. The molecule has 0 heterocycles. The Bertz CT molecular complexity index is 1270. The van der Waals surface area contributed by atoms with E-state index in [4.69, 9.17) is 0 Å². The molecular weight excluding hydrogens is 889 g/mol. The first kappa shape index (κ1) is 72.0. The Morgan fingerprint density at radius 1 is 0.270 bits per heavy atom. The molecule has 74 heavy (non-hydrogen) atoms. The fourth-order valence-electron chi connectivity index (χ4n) is 16.0. The predicted octanol–water partition coefficient (Wildman–Crippen LogP) is 27.1. The van der Waals surface area contributed by atoms with Crippen molar-refractivity contribution in [1.29, 1.82) is 0 Å². The van der Waals surface area contributed by atoms with Crippen LogP contribution in [0.5, 0.6) is 0 Å². The minimum atomic E-state index is 0.679. The van der Waals surface area contributed by atoms with Crippen LogP contribution < -0.4 is 0 Å². The second-order valence-electron chi connectivity index (χ2n) is 31.7. The van der Waals surface area contributed by atoms with Gasteiger partial charge in [-0.25, -0.2) is 0 Å². The van der Waals surface area contributed by atoms with Gasteiger partial charge in [-0.05, 0) is 176 Å². The zero-order chi connectivity index (χ0) is 56.0. The standard InChI is InChI=1S/3C10H20.4C9H18.C8H16/c1-4-7-10(3)8-5-6-9(10)2;1-4-6-10(3)7-5-9(2)8-10;1-3-7-10(2)8-5-4-6-9-10;1-4-9(3)6-5-8(2)7-9;1-4-9(3)7-5-6-8(9)2;2*1-3-9(2)7-5-4-6-8-9;1-8(2)6-4-3-5-7-8/h2*9H,4-8H2,1-3H3;3-9H2,1-2H3;2*8H,4-7H2,1-3H3;2*3-8H2,1-2H3;3-7H2,1-2H3. The molecule has 0 saturated heterocycles. The maximum atomic E-state index is 2.47. The summed E-state index contributed by atoms with van der Waals surface area (Å²) in [7, 11) is 0. The van der Waals surface area contributed by atoms with Gasteiger partial charge in [0.2, 0.25) is 0 Å². The van der Waals surface area contributed by atoms with Gasteiger partial charge in [-0.3, -0.25) is 0 Å². The van der Waals surface area contributed by atoms with Crippen molar-refractivity contribution in [2.75, 3.05) is 0 Å². The maximum absolute atomic E-state index is 2.47. The van der Waals surface area contributed by atoms with Crippen LogP contribution in [-0.2, 0) is 0 Å². The van der Waals surface area contributed by atoms with Crippen LogP contribution in [0.15, 0.2) is 0 Å².